The van der Waals surface area contributed by atoms with Crippen molar-refractivity contribution < 1.29 is 8.42 Å². The van der Waals surface area contributed by atoms with Gasteiger partial charge in [-0.3, -0.25) is 4.90 Å². The fourth-order valence-electron chi connectivity index (χ4n) is 1.17. The lowest BCUT2D eigenvalue weighted by Crippen LogP contribution is -2.24. The SMILES string of the molecule is CCNc1nnc(CN(C)CCS(C)(=O)=O)s1. The van der Waals surface area contributed by atoms with Gasteiger partial charge in [-0.25, -0.2) is 8.42 Å². The minimum atomic E-state index is -2.90. The Labute approximate surface area is 106 Å². The summed E-state index contributed by atoms with van der Waals surface area (Å²) >= 11 is 1.49. The van der Waals surface area contributed by atoms with E-state index in [1.165, 1.54) is 17.6 Å². The molecule has 1 aromatic rings. The van der Waals surface area contributed by atoms with Crippen LogP contribution in [-0.2, 0) is 16.4 Å². The molecule has 0 aliphatic heterocycles. The molecule has 0 amide bonds. The van der Waals surface area contributed by atoms with Crippen molar-refractivity contribution in [2.24, 2.45) is 0 Å². The van der Waals surface area contributed by atoms with E-state index in [1.54, 1.807) is 0 Å². The summed E-state index contributed by atoms with van der Waals surface area (Å²) in [6.07, 6.45) is 1.25. The van der Waals surface area contributed by atoms with Gasteiger partial charge in [0.15, 0.2) is 0 Å². The van der Waals surface area contributed by atoms with E-state index in [1.807, 2.05) is 18.9 Å². The lowest BCUT2D eigenvalue weighted by molar-refractivity contribution is 0.344. The standard InChI is InChI=1S/C9H18N4O2S2/c1-4-10-9-12-11-8(16-9)7-13(2)5-6-17(3,14)15/h4-7H2,1-3H3,(H,10,12). The normalized spacial score (nSPS) is 12.0. The van der Waals surface area contributed by atoms with Gasteiger partial charge in [-0.1, -0.05) is 11.3 Å². The highest BCUT2D eigenvalue weighted by molar-refractivity contribution is 7.90. The Kier molecular flexibility index (Phi) is 5.29. The second-order valence-electron chi connectivity index (χ2n) is 3.90. The lowest BCUT2D eigenvalue weighted by atomic mass is 10.5. The predicted octanol–water partition coefficient (Wildman–Crippen LogP) is 0.446. The molecule has 0 saturated carbocycles. The topological polar surface area (TPSA) is 75.2 Å². The van der Waals surface area contributed by atoms with Gasteiger partial charge >= 0.3 is 0 Å². The summed E-state index contributed by atoms with van der Waals surface area (Å²) in [6, 6.07) is 0. The van der Waals surface area contributed by atoms with Gasteiger partial charge in [0.05, 0.1) is 12.3 Å². The molecule has 1 rings (SSSR count). The molecule has 0 atom stereocenters. The molecule has 17 heavy (non-hydrogen) atoms. The van der Waals surface area contributed by atoms with Crippen LogP contribution in [0.2, 0.25) is 0 Å². The zero-order chi connectivity index (χ0) is 12.9. The van der Waals surface area contributed by atoms with E-state index in [2.05, 4.69) is 15.5 Å². The maximum absolute atomic E-state index is 11.0. The Morgan fingerprint density at radius 3 is 2.71 bits per heavy atom. The van der Waals surface area contributed by atoms with Crippen LogP contribution in [0.15, 0.2) is 0 Å². The Bertz CT molecular complexity index is 444. The first-order chi connectivity index (χ1) is 7.90. The minimum absolute atomic E-state index is 0.169. The maximum Gasteiger partial charge on any atom is 0.205 e. The summed E-state index contributed by atoms with van der Waals surface area (Å²) in [5.41, 5.74) is 0. The average Bonchev–Trinajstić information content (AvgIpc) is 2.62. The van der Waals surface area contributed by atoms with Crippen molar-refractivity contribution in [3.8, 4) is 0 Å². The molecule has 1 N–H and O–H groups in total. The number of rotatable bonds is 7. The molecule has 0 bridgehead atoms. The summed E-state index contributed by atoms with van der Waals surface area (Å²) in [4.78, 5) is 1.93. The molecule has 0 unspecified atom stereocenters. The highest BCUT2D eigenvalue weighted by atomic mass is 32.2. The van der Waals surface area contributed by atoms with Crippen LogP contribution >= 0.6 is 11.3 Å². The third-order valence-electron chi connectivity index (χ3n) is 2.04. The van der Waals surface area contributed by atoms with Crippen molar-refractivity contribution >= 4 is 26.3 Å². The van der Waals surface area contributed by atoms with Gasteiger partial charge in [0.25, 0.3) is 0 Å². The fraction of sp³-hybridized carbons (Fsp3) is 0.778. The number of aromatic nitrogens is 2. The van der Waals surface area contributed by atoms with Crippen LogP contribution < -0.4 is 5.32 Å². The van der Waals surface area contributed by atoms with Crippen molar-refractivity contribution in [2.45, 2.75) is 13.5 Å². The smallest absolute Gasteiger partial charge is 0.205 e. The van der Waals surface area contributed by atoms with Crippen molar-refractivity contribution in [1.29, 1.82) is 0 Å². The third-order valence-corrected chi connectivity index (χ3v) is 3.83. The van der Waals surface area contributed by atoms with Crippen molar-refractivity contribution in [1.82, 2.24) is 15.1 Å². The van der Waals surface area contributed by atoms with Gasteiger partial charge in [0, 0.05) is 19.3 Å². The Hall–Kier alpha value is -0.730. The van der Waals surface area contributed by atoms with Gasteiger partial charge in [0.1, 0.15) is 14.8 Å². The summed E-state index contributed by atoms with van der Waals surface area (Å²) in [7, 11) is -1.03. The molecular weight excluding hydrogens is 260 g/mol. The zero-order valence-corrected chi connectivity index (χ0v) is 11.9. The molecule has 1 heterocycles. The molecule has 1 aromatic heterocycles. The molecule has 98 valence electrons. The predicted molar refractivity (Wildman–Crippen MR) is 70.1 cm³/mol. The average molecular weight is 278 g/mol. The van der Waals surface area contributed by atoms with Crippen LogP contribution in [0.4, 0.5) is 5.13 Å². The maximum atomic E-state index is 11.0. The molecule has 0 fully saturated rings. The number of nitrogens with zero attached hydrogens (tertiary/aromatic N) is 3. The first kappa shape index (κ1) is 14.3. The van der Waals surface area contributed by atoms with E-state index in [9.17, 15) is 8.42 Å². The van der Waals surface area contributed by atoms with Gasteiger partial charge < -0.3 is 5.32 Å². The van der Waals surface area contributed by atoms with Crippen LogP contribution in [-0.4, -0.2) is 55.7 Å². The quantitative estimate of drug-likeness (QED) is 0.780. The minimum Gasteiger partial charge on any atom is -0.360 e. The van der Waals surface area contributed by atoms with Crippen LogP contribution in [0, 0.1) is 0 Å². The van der Waals surface area contributed by atoms with Crippen molar-refractivity contribution in [2.75, 3.05) is 37.5 Å². The zero-order valence-electron chi connectivity index (χ0n) is 10.3. The summed E-state index contributed by atoms with van der Waals surface area (Å²) < 4.78 is 22.0. The van der Waals surface area contributed by atoms with E-state index in [-0.39, 0.29) is 5.75 Å². The van der Waals surface area contributed by atoms with E-state index < -0.39 is 9.84 Å². The summed E-state index contributed by atoms with van der Waals surface area (Å²) in [5, 5.41) is 12.8. The molecule has 0 aliphatic rings. The highest BCUT2D eigenvalue weighted by Gasteiger charge is 2.09. The largest absolute Gasteiger partial charge is 0.360 e. The first-order valence-electron chi connectivity index (χ1n) is 5.33. The first-order valence-corrected chi connectivity index (χ1v) is 8.21. The lowest BCUT2D eigenvalue weighted by Gasteiger charge is -2.13. The summed E-state index contributed by atoms with van der Waals surface area (Å²) in [6.45, 7) is 3.95. The highest BCUT2D eigenvalue weighted by Crippen LogP contribution is 2.15. The van der Waals surface area contributed by atoms with E-state index in [0.29, 0.717) is 13.1 Å². The van der Waals surface area contributed by atoms with Gasteiger partial charge in [-0.2, -0.15) is 0 Å². The van der Waals surface area contributed by atoms with Crippen LogP contribution in [0.25, 0.3) is 0 Å². The number of anilines is 1. The van der Waals surface area contributed by atoms with Crippen molar-refractivity contribution in [3.05, 3.63) is 5.01 Å². The van der Waals surface area contributed by atoms with Crippen LogP contribution in [0.3, 0.4) is 0 Å². The number of sulfone groups is 1. The van der Waals surface area contributed by atoms with E-state index in [0.717, 1.165) is 16.7 Å². The monoisotopic (exact) mass is 278 g/mol. The second kappa shape index (κ2) is 6.27. The summed E-state index contributed by atoms with van der Waals surface area (Å²) in [5.74, 6) is 0.169. The van der Waals surface area contributed by atoms with Crippen molar-refractivity contribution in [3.63, 3.8) is 0 Å². The van der Waals surface area contributed by atoms with Crippen LogP contribution in [0.1, 0.15) is 11.9 Å². The third kappa shape index (κ3) is 5.94. The van der Waals surface area contributed by atoms with E-state index in [4.69, 9.17) is 0 Å². The fourth-order valence-corrected chi connectivity index (χ4v) is 2.70. The van der Waals surface area contributed by atoms with E-state index >= 15 is 0 Å². The molecule has 0 aliphatic carbocycles. The molecule has 8 heteroatoms. The Morgan fingerprint density at radius 2 is 2.12 bits per heavy atom. The van der Waals surface area contributed by atoms with Gasteiger partial charge in [-0.15, -0.1) is 10.2 Å². The molecule has 0 aromatic carbocycles. The second-order valence-corrected chi connectivity index (χ2v) is 7.22. The number of hydrogen-bond donors (Lipinski definition) is 1. The Morgan fingerprint density at radius 1 is 1.41 bits per heavy atom. The molecule has 0 spiro atoms. The molecular formula is C9H18N4O2S2. The van der Waals surface area contributed by atoms with Gasteiger partial charge in [0.2, 0.25) is 5.13 Å². The van der Waals surface area contributed by atoms with Gasteiger partial charge in [-0.05, 0) is 14.0 Å². The molecule has 0 radical (unpaired) electrons. The van der Waals surface area contributed by atoms with Crippen LogP contribution in [0.5, 0.6) is 0 Å². The Balaban J connectivity index is 2.42. The number of hydrogen-bond acceptors (Lipinski definition) is 7. The number of nitrogens with one attached hydrogen (secondary N) is 1. The molecule has 6 nitrogen and oxygen atoms in total. The molecule has 0 saturated heterocycles.